The number of carboxylic acid groups (broad SMARTS) is 1. The average molecular weight is 303 g/mol. The third-order valence-electron chi connectivity index (χ3n) is 4.71. The van der Waals surface area contributed by atoms with Gasteiger partial charge in [-0.1, -0.05) is 12.1 Å². The van der Waals surface area contributed by atoms with Crippen LogP contribution in [0, 0.1) is 11.8 Å². The first-order chi connectivity index (χ1) is 10.6. The Balaban J connectivity index is 1.63. The summed E-state index contributed by atoms with van der Waals surface area (Å²) >= 11 is 0. The lowest BCUT2D eigenvalue weighted by Gasteiger charge is -2.31. The van der Waals surface area contributed by atoms with E-state index in [9.17, 15) is 9.59 Å². The number of carbonyl (C=O) groups is 2. The van der Waals surface area contributed by atoms with Gasteiger partial charge in [0.25, 0.3) is 0 Å². The number of rotatable bonds is 4. The second kappa shape index (κ2) is 5.99. The zero-order valence-corrected chi connectivity index (χ0v) is 12.7. The predicted octanol–water partition coefficient (Wildman–Crippen LogP) is 2.12. The minimum absolute atomic E-state index is 0.000323. The van der Waals surface area contributed by atoms with Gasteiger partial charge in [0.1, 0.15) is 5.75 Å². The lowest BCUT2D eigenvalue weighted by atomic mass is 9.97. The van der Waals surface area contributed by atoms with Gasteiger partial charge < -0.3 is 14.7 Å². The molecule has 3 rings (SSSR count). The monoisotopic (exact) mass is 303 g/mol. The van der Waals surface area contributed by atoms with E-state index >= 15 is 0 Å². The van der Waals surface area contributed by atoms with Crippen molar-refractivity contribution in [2.24, 2.45) is 11.8 Å². The number of benzene rings is 1. The van der Waals surface area contributed by atoms with Crippen LogP contribution in [0.4, 0.5) is 0 Å². The summed E-state index contributed by atoms with van der Waals surface area (Å²) in [6, 6.07) is 7.84. The molecule has 118 valence electrons. The van der Waals surface area contributed by atoms with E-state index in [4.69, 9.17) is 9.84 Å². The van der Waals surface area contributed by atoms with E-state index in [1.54, 1.807) is 12.0 Å². The molecular formula is C17H21NO4. The number of hydrogen-bond acceptors (Lipinski definition) is 3. The molecule has 0 spiro atoms. The summed E-state index contributed by atoms with van der Waals surface area (Å²) in [5.74, 6) is -0.0462. The van der Waals surface area contributed by atoms with Crippen molar-refractivity contribution in [2.45, 2.75) is 25.2 Å². The summed E-state index contributed by atoms with van der Waals surface area (Å²) in [4.78, 5) is 25.4. The van der Waals surface area contributed by atoms with E-state index < -0.39 is 11.9 Å². The molecular weight excluding hydrogens is 282 g/mol. The summed E-state index contributed by atoms with van der Waals surface area (Å²) in [6.07, 6.45) is 2.29. The molecule has 1 saturated carbocycles. The Kier molecular flexibility index (Phi) is 4.05. The maximum absolute atomic E-state index is 12.6. The van der Waals surface area contributed by atoms with Crippen LogP contribution in [0.2, 0.25) is 0 Å². The lowest BCUT2D eigenvalue weighted by Crippen LogP contribution is -2.43. The van der Waals surface area contributed by atoms with Crippen molar-refractivity contribution in [1.82, 2.24) is 4.90 Å². The highest BCUT2D eigenvalue weighted by molar-refractivity contribution is 5.84. The molecule has 2 fully saturated rings. The molecule has 1 amide bonds. The molecule has 1 saturated heterocycles. The first-order valence-electron chi connectivity index (χ1n) is 7.75. The SMILES string of the molecule is COc1cccc(C2CC2C(=O)N2CCCC(C(=O)O)C2)c1. The highest BCUT2D eigenvalue weighted by atomic mass is 16.5. The zero-order chi connectivity index (χ0) is 15.7. The molecule has 0 radical (unpaired) electrons. The van der Waals surface area contributed by atoms with Gasteiger partial charge in [-0.2, -0.15) is 0 Å². The summed E-state index contributed by atoms with van der Waals surface area (Å²) in [6.45, 7) is 1.04. The number of hydrogen-bond donors (Lipinski definition) is 1. The molecule has 1 aromatic carbocycles. The van der Waals surface area contributed by atoms with Gasteiger partial charge in [0.15, 0.2) is 0 Å². The second-order valence-electron chi connectivity index (χ2n) is 6.19. The van der Waals surface area contributed by atoms with Crippen LogP contribution in [0.25, 0.3) is 0 Å². The number of nitrogens with zero attached hydrogens (tertiary/aromatic N) is 1. The molecule has 1 aliphatic carbocycles. The fourth-order valence-electron chi connectivity index (χ4n) is 3.32. The quantitative estimate of drug-likeness (QED) is 0.925. The van der Waals surface area contributed by atoms with Crippen molar-refractivity contribution in [2.75, 3.05) is 20.2 Å². The topological polar surface area (TPSA) is 66.8 Å². The lowest BCUT2D eigenvalue weighted by molar-refractivity contribution is -0.146. The molecule has 3 unspecified atom stereocenters. The Morgan fingerprint density at radius 3 is 2.91 bits per heavy atom. The van der Waals surface area contributed by atoms with Crippen LogP contribution in [-0.2, 0) is 9.59 Å². The third kappa shape index (κ3) is 2.93. The minimum atomic E-state index is -0.794. The summed E-state index contributed by atoms with van der Waals surface area (Å²) in [7, 11) is 1.63. The van der Waals surface area contributed by atoms with Gasteiger partial charge in [0.2, 0.25) is 5.91 Å². The first kappa shape index (κ1) is 14.9. The fourth-order valence-corrected chi connectivity index (χ4v) is 3.32. The largest absolute Gasteiger partial charge is 0.497 e. The van der Waals surface area contributed by atoms with Crippen LogP contribution in [-0.4, -0.2) is 42.1 Å². The number of likely N-dealkylation sites (tertiary alicyclic amines) is 1. The van der Waals surface area contributed by atoms with Crippen LogP contribution in [0.1, 0.15) is 30.7 Å². The number of carbonyl (C=O) groups excluding carboxylic acids is 1. The zero-order valence-electron chi connectivity index (χ0n) is 12.7. The van der Waals surface area contributed by atoms with Crippen molar-refractivity contribution in [3.05, 3.63) is 29.8 Å². The van der Waals surface area contributed by atoms with Gasteiger partial charge >= 0.3 is 5.97 Å². The normalized spacial score (nSPS) is 27.3. The average Bonchev–Trinajstić information content (AvgIpc) is 3.35. The molecule has 1 aliphatic heterocycles. The van der Waals surface area contributed by atoms with Crippen molar-refractivity contribution < 1.29 is 19.4 Å². The maximum atomic E-state index is 12.6. The van der Waals surface area contributed by atoms with Gasteiger partial charge in [-0.3, -0.25) is 9.59 Å². The molecule has 3 atom stereocenters. The van der Waals surface area contributed by atoms with Crippen LogP contribution in [0.15, 0.2) is 24.3 Å². The highest BCUT2D eigenvalue weighted by Crippen LogP contribution is 2.49. The number of carboxylic acids is 1. The maximum Gasteiger partial charge on any atom is 0.308 e. The molecule has 1 N–H and O–H groups in total. The van der Waals surface area contributed by atoms with Crippen molar-refractivity contribution in [3.63, 3.8) is 0 Å². The summed E-state index contributed by atoms with van der Waals surface area (Å²) < 4.78 is 5.22. The van der Waals surface area contributed by atoms with E-state index in [0.29, 0.717) is 19.5 Å². The van der Waals surface area contributed by atoms with Crippen LogP contribution < -0.4 is 4.74 Å². The second-order valence-corrected chi connectivity index (χ2v) is 6.19. The third-order valence-corrected chi connectivity index (χ3v) is 4.71. The van der Waals surface area contributed by atoms with E-state index in [2.05, 4.69) is 0 Å². The van der Waals surface area contributed by atoms with Gasteiger partial charge in [0, 0.05) is 19.0 Å². The number of aliphatic carboxylic acids is 1. The molecule has 0 aromatic heterocycles. The van der Waals surface area contributed by atoms with Crippen molar-refractivity contribution in [3.8, 4) is 5.75 Å². The number of piperidine rings is 1. The van der Waals surface area contributed by atoms with E-state index in [-0.39, 0.29) is 17.7 Å². The predicted molar refractivity (Wildman–Crippen MR) is 80.8 cm³/mol. The van der Waals surface area contributed by atoms with Crippen LogP contribution in [0.5, 0.6) is 5.75 Å². The first-order valence-corrected chi connectivity index (χ1v) is 7.75. The van der Waals surface area contributed by atoms with Crippen LogP contribution >= 0.6 is 0 Å². The van der Waals surface area contributed by atoms with Gasteiger partial charge in [-0.15, -0.1) is 0 Å². The van der Waals surface area contributed by atoms with E-state index in [1.165, 1.54) is 0 Å². The Labute approximate surface area is 129 Å². The molecule has 0 bridgehead atoms. The standard InChI is InChI=1S/C17H21NO4/c1-22-13-6-2-4-11(8-13)14-9-15(14)16(19)18-7-3-5-12(10-18)17(20)21/h2,4,6,8,12,14-15H,3,5,7,9-10H2,1H3,(H,20,21). The Morgan fingerprint density at radius 2 is 2.18 bits per heavy atom. The van der Waals surface area contributed by atoms with Crippen molar-refractivity contribution >= 4 is 11.9 Å². The smallest absolute Gasteiger partial charge is 0.308 e. The summed E-state index contributed by atoms with van der Waals surface area (Å²) in [5.41, 5.74) is 1.13. The Bertz CT molecular complexity index is 586. The number of amides is 1. The van der Waals surface area contributed by atoms with E-state index in [1.807, 2.05) is 24.3 Å². The van der Waals surface area contributed by atoms with Gasteiger partial charge in [-0.05, 0) is 42.9 Å². The molecule has 1 aromatic rings. The molecule has 5 nitrogen and oxygen atoms in total. The molecule has 22 heavy (non-hydrogen) atoms. The van der Waals surface area contributed by atoms with Gasteiger partial charge in [-0.25, -0.2) is 0 Å². The molecule has 1 heterocycles. The Morgan fingerprint density at radius 1 is 1.36 bits per heavy atom. The molecule has 5 heteroatoms. The van der Waals surface area contributed by atoms with E-state index in [0.717, 1.165) is 24.2 Å². The van der Waals surface area contributed by atoms with Crippen molar-refractivity contribution in [1.29, 1.82) is 0 Å². The Hall–Kier alpha value is -2.04. The van der Waals surface area contributed by atoms with Crippen LogP contribution in [0.3, 0.4) is 0 Å². The number of methoxy groups -OCH3 is 1. The highest BCUT2D eigenvalue weighted by Gasteiger charge is 2.46. The minimum Gasteiger partial charge on any atom is -0.497 e. The number of ether oxygens (including phenoxy) is 1. The fraction of sp³-hybridized carbons (Fsp3) is 0.529. The molecule has 2 aliphatic rings. The summed E-state index contributed by atoms with van der Waals surface area (Å²) in [5, 5.41) is 9.13. The van der Waals surface area contributed by atoms with Gasteiger partial charge in [0.05, 0.1) is 13.0 Å².